The van der Waals surface area contributed by atoms with Crippen LogP contribution in [0.3, 0.4) is 0 Å². The first-order chi connectivity index (χ1) is 17.2. The molecule has 0 aliphatic rings. The van der Waals surface area contributed by atoms with Crippen LogP contribution in [0.15, 0.2) is 64.4 Å². The van der Waals surface area contributed by atoms with Crippen molar-refractivity contribution >= 4 is 27.4 Å². The van der Waals surface area contributed by atoms with Gasteiger partial charge in [0.1, 0.15) is 17.3 Å². The van der Waals surface area contributed by atoms with Crippen LogP contribution >= 0.6 is 11.6 Å². The lowest BCUT2D eigenvalue weighted by Crippen LogP contribution is -2.19. The Kier molecular flexibility index (Phi) is 7.79. The largest absolute Gasteiger partial charge is 0.490 e. The average Bonchev–Trinajstić information content (AvgIpc) is 3.30. The number of rotatable bonds is 10. The number of halogens is 1. The molecule has 0 aliphatic carbocycles. The third-order valence-corrected chi connectivity index (χ3v) is 6.92. The molecule has 0 unspecified atom stereocenters. The fraction of sp³-hybridized carbons (Fsp3) is 0.280. The molecule has 2 aromatic carbocycles. The number of sulfonamides is 1. The molecule has 0 radical (unpaired) electrons. The van der Waals surface area contributed by atoms with Crippen LogP contribution in [0.5, 0.6) is 5.75 Å². The number of nitrogens with zero attached hydrogens (tertiary/aromatic N) is 3. The summed E-state index contributed by atoms with van der Waals surface area (Å²) < 4.78 is 33.4. The van der Waals surface area contributed by atoms with Gasteiger partial charge in [0, 0.05) is 35.0 Å². The lowest BCUT2D eigenvalue weighted by molar-refractivity contribution is 0.198. The van der Waals surface area contributed by atoms with Crippen molar-refractivity contribution < 1.29 is 18.3 Å². The van der Waals surface area contributed by atoms with Crippen molar-refractivity contribution in [1.82, 2.24) is 14.0 Å². The fourth-order valence-electron chi connectivity index (χ4n) is 4.00. The maximum atomic E-state index is 13.1. The van der Waals surface area contributed by atoms with Crippen LogP contribution in [0.1, 0.15) is 26.2 Å². The first kappa shape index (κ1) is 25.9. The van der Waals surface area contributed by atoms with E-state index in [9.17, 15) is 13.2 Å². The zero-order valence-electron chi connectivity index (χ0n) is 19.7. The van der Waals surface area contributed by atoms with Crippen molar-refractivity contribution in [2.45, 2.75) is 37.6 Å². The third kappa shape index (κ3) is 5.46. The average molecular weight is 531 g/mol. The van der Waals surface area contributed by atoms with Gasteiger partial charge in [-0.05, 0) is 36.8 Å². The van der Waals surface area contributed by atoms with E-state index in [0.29, 0.717) is 34.3 Å². The van der Waals surface area contributed by atoms with Crippen LogP contribution in [0.4, 0.5) is 0 Å². The molecule has 4 rings (SSSR count). The molecular weight excluding hydrogens is 504 g/mol. The molecule has 4 aromatic rings. The van der Waals surface area contributed by atoms with Gasteiger partial charge in [0.2, 0.25) is 15.8 Å². The Hall–Kier alpha value is -3.18. The zero-order chi connectivity index (χ0) is 25.9. The number of imidazole rings is 1. The Morgan fingerprint density at radius 1 is 1.08 bits per heavy atom. The van der Waals surface area contributed by atoms with Crippen LogP contribution in [0, 0.1) is 0 Å². The van der Waals surface area contributed by atoms with E-state index in [4.69, 9.17) is 31.6 Å². The predicted molar refractivity (Wildman–Crippen MR) is 139 cm³/mol. The minimum absolute atomic E-state index is 0.0297. The number of aromatic nitrogens is 3. The van der Waals surface area contributed by atoms with Crippen LogP contribution in [-0.2, 0) is 16.6 Å². The third-order valence-electron chi connectivity index (χ3n) is 5.74. The van der Waals surface area contributed by atoms with E-state index >= 15 is 0 Å². The van der Waals surface area contributed by atoms with E-state index in [1.807, 2.05) is 16.7 Å². The molecule has 0 spiro atoms. The lowest BCUT2D eigenvalue weighted by Gasteiger charge is -2.17. The minimum Gasteiger partial charge on any atom is -0.490 e. The van der Waals surface area contributed by atoms with Gasteiger partial charge in [0.15, 0.2) is 0 Å². The van der Waals surface area contributed by atoms with Gasteiger partial charge in [-0.25, -0.2) is 18.5 Å². The quantitative estimate of drug-likeness (QED) is 0.301. The number of fused-ring (bicyclic) bond motifs is 1. The van der Waals surface area contributed by atoms with Gasteiger partial charge in [0.05, 0.1) is 18.0 Å². The molecule has 0 atom stereocenters. The highest BCUT2D eigenvalue weighted by Crippen LogP contribution is 2.30. The Balaban J connectivity index is 1.92. The molecule has 0 bridgehead atoms. The molecule has 0 aliphatic heterocycles. The highest BCUT2D eigenvalue weighted by molar-refractivity contribution is 7.89. The van der Waals surface area contributed by atoms with Gasteiger partial charge in [-0.1, -0.05) is 43.5 Å². The second-order valence-electron chi connectivity index (χ2n) is 8.31. The summed E-state index contributed by atoms with van der Waals surface area (Å²) in [6.45, 7) is 2.30. The first-order valence-electron chi connectivity index (χ1n) is 11.5. The van der Waals surface area contributed by atoms with E-state index in [0.717, 1.165) is 24.8 Å². The number of hydrogen-bond donors (Lipinski definition) is 2. The van der Waals surface area contributed by atoms with Gasteiger partial charge in [-0.2, -0.15) is 0 Å². The smallest absolute Gasteiger partial charge is 0.259 e. The number of nitrogens with two attached hydrogens (primary N) is 1. The summed E-state index contributed by atoms with van der Waals surface area (Å²) in [5, 5.41) is 15.1. The molecule has 2 heterocycles. The monoisotopic (exact) mass is 530 g/mol. The van der Waals surface area contributed by atoms with E-state index in [1.165, 1.54) is 22.6 Å². The van der Waals surface area contributed by atoms with Crippen molar-refractivity contribution in [2.24, 2.45) is 5.14 Å². The molecule has 0 amide bonds. The molecule has 36 heavy (non-hydrogen) atoms. The highest BCUT2D eigenvalue weighted by Gasteiger charge is 2.20. The van der Waals surface area contributed by atoms with Gasteiger partial charge in [0.25, 0.3) is 5.56 Å². The van der Waals surface area contributed by atoms with E-state index in [2.05, 4.69) is 6.92 Å². The van der Waals surface area contributed by atoms with Gasteiger partial charge in [-0.15, -0.1) is 0 Å². The number of primary sulfonamides is 1. The highest BCUT2D eigenvalue weighted by atomic mass is 35.5. The molecule has 9 nitrogen and oxygen atoms in total. The van der Waals surface area contributed by atoms with Crippen molar-refractivity contribution in [3.8, 4) is 28.3 Å². The van der Waals surface area contributed by atoms with Gasteiger partial charge in [-0.3, -0.25) is 9.20 Å². The second-order valence-corrected chi connectivity index (χ2v) is 10.3. The standard InChI is InChI=1S/C25H27ClN4O5S/c1-2-3-4-11-29-21(18-7-10-22(35-13-12-31)23(14-18)36(27,33)34)15-24(32)30-16-20(28-25(29)30)17-5-8-19(26)9-6-17/h5-10,14-16,31H,2-4,11-13H2,1H3,(H2,27,33,34). The SMILES string of the molecule is CCCCCn1c(-c2ccc(OCCO)c(S(N)(=O)=O)c2)cc(=O)n2cc(-c3ccc(Cl)cc3)nc12. The second kappa shape index (κ2) is 10.8. The minimum atomic E-state index is -4.14. The molecule has 11 heteroatoms. The Bertz CT molecular complexity index is 1550. The number of unbranched alkanes of at least 4 members (excludes halogenated alkanes) is 2. The number of aliphatic hydroxyl groups excluding tert-OH is 1. The predicted octanol–water partition coefficient (Wildman–Crippen LogP) is 3.69. The number of benzene rings is 2. The Labute approximate surface area is 213 Å². The number of aryl methyl sites for hydroxylation is 1. The summed E-state index contributed by atoms with van der Waals surface area (Å²) in [7, 11) is -4.14. The Morgan fingerprint density at radius 2 is 1.81 bits per heavy atom. The number of aliphatic hydroxyl groups is 1. The van der Waals surface area contributed by atoms with Gasteiger partial charge >= 0.3 is 0 Å². The Morgan fingerprint density at radius 3 is 2.47 bits per heavy atom. The van der Waals surface area contributed by atoms with Crippen LogP contribution < -0.4 is 15.4 Å². The summed E-state index contributed by atoms with van der Waals surface area (Å²) in [6, 6.07) is 13.2. The lowest BCUT2D eigenvalue weighted by atomic mass is 10.1. The summed E-state index contributed by atoms with van der Waals surface area (Å²) in [5.41, 5.74) is 2.10. The molecule has 190 valence electrons. The van der Waals surface area contributed by atoms with E-state index < -0.39 is 10.0 Å². The number of hydrogen-bond acceptors (Lipinski definition) is 6. The zero-order valence-corrected chi connectivity index (χ0v) is 21.3. The van der Waals surface area contributed by atoms with Crippen molar-refractivity contribution in [1.29, 1.82) is 0 Å². The van der Waals surface area contributed by atoms with Gasteiger partial charge < -0.3 is 14.4 Å². The summed E-state index contributed by atoms with van der Waals surface area (Å²) in [5.74, 6) is 0.471. The topological polar surface area (TPSA) is 129 Å². The summed E-state index contributed by atoms with van der Waals surface area (Å²) >= 11 is 6.02. The first-order valence-corrected chi connectivity index (χ1v) is 13.4. The summed E-state index contributed by atoms with van der Waals surface area (Å²) in [6.07, 6.45) is 4.50. The molecule has 0 saturated carbocycles. The van der Waals surface area contributed by atoms with Crippen molar-refractivity contribution in [3.05, 3.63) is 70.1 Å². The van der Waals surface area contributed by atoms with Crippen molar-refractivity contribution in [2.75, 3.05) is 13.2 Å². The van der Waals surface area contributed by atoms with E-state index in [1.54, 1.807) is 24.4 Å². The van der Waals surface area contributed by atoms with Crippen LogP contribution in [-0.4, -0.2) is 40.7 Å². The normalized spacial score (nSPS) is 11.8. The molecular formula is C25H27ClN4O5S. The molecule has 0 saturated heterocycles. The molecule has 0 fully saturated rings. The molecule has 2 aromatic heterocycles. The molecule has 3 N–H and O–H groups in total. The van der Waals surface area contributed by atoms with Crippen molar-refractivity contribution in [3.63, 3.8) is 0 Å². The fourth-order valence-corrected chi connectivity index (χ4v) is 4.82. The summed E-state index contributed by atoms with van der Waals surface area (Å²) in [4.78, 5) is 17.7. The van der Waals surface area contributed by atoms with Crippen LogP contribution in [0.2, 0.25) is 5.02 Å². The maximum absolute atomic E-state index is 13.1. The van der Waals surface area contributed by atoms with Crippen LogP contribution in [0.25, 0.3) is 28.3 Å². The number of ether oxygens (including phenoxy) is 1. The maximum Gasteiger partial charge on any atom is 0.259 e. The van der Waals surface area contributed by atoms with E-state index in [-0.39, 0.29) is 29.4 Å².